The minimum absolute atomic E-state index is 0.0232. The molecular formula is C11H21NO3. The summed E-state index contributed by atoms with van der Waals surface area (Å²) in [5.41, 5.74) is -0.811. The number of nitrogens with one attached hydrogen (secondary N) is 1. The smallest absolute Gasteiger partial charge is 0.323 e. The molecule has 15 heavy (non-hydrogen) atoms. The Labute approximate surface area is 90.7 Å². The SMILES string of the molecule is CC1CCC(NC(C)CO)(C(=O)O)CC1. The molecule has 0 bridgehead atoms. The Morgan fingerprint density at radius 3 is 2.47 bits per heavy atom. The maximum Gasteiger partial charge on any atom is 0.323 e. The molecule has 1 aliphatic rings. The normalized spacial score (nSPS) is 33.7. The van der Waals surface area contributed by atoms with Crippen LogP contribution < -0.4 is 5.32 Å². The van der Waals surface area contributed by atoms with Gasteiger partial charge in [-0.2, -0.15) is 0 Å². The maximum absolute atomic E-state index is 11.3. The van der Waals surface area contributed by atoms with Crippen LogP contribution in [0.3, 0.4) is 0 Å². The van der Waals surface area contributed by atoms with E-state index >= 15 is 0 Å². The van der Waals surface area contributed by atoms with Gasteiger partial charge in [-0.05, 0) is 38.5 Å². The van der Waals surface area contributed by atoms with Gasteiger partial charge in [-0.1, -0.05) is 6.92 Å². The fourth-order valence-electron chi connectivity index (χ4n) is 2.19. The highest BCUT2D eigenvalue weighted by molar-refractivity contribution is 5.79. The third-order valence-electron chi connectivity index (χ3n) is 3.33. The number of rotatable bonds is 4. The third kappa shape index (κ3) is 2.92. The number of carbonyl (C=O) groups is 1. The molecule has 88 valence electrons. The molecule has 1 unspecified atom stereocenters. The van der Waals surface area contributed by atoms with Crippen molar-refractivity contribution < 1.29 is 15.0 Å². The number of carboxylic acid groups (broad SMARTS) is 1. The van der Waals surface area contributed by atoms with Gasteiger partial charge in [0.1, 0.15) is 5.54 Å². The Kier molecular flexibility index (Phi) is 4.11. The Balaban J connectivity index is 2.67. The van der Waals surface area contributed by atoms with Crippen LogP contribution in [0.1, 0.15) is 39.5 Å². The van der Waals surface area contributed by atoms with E-state index in [1.807, 2.05) is 6.92 Å². The van der Waals surface area contributed by atoms with Gasteiger partial charge < -0.3 is 10.2 Å². The molecule has 0 aromatic carbocycles. The van der Waals surface area contributed by atoms with Gasteiger partial charge in [-0.3, -0.25) is 10.1 Å². The summed E-state index contributed by atoms with van der Waals surface area (Å²) < 4.78 is 0. The lowest BCUT2D eigenvalue weighted by Crippen LogP contribution is -2.57. The zero-order valence-corrected chi connectivity index (χ0v) is 9.49. The summed E-state index contributed by atoms with van der Waals surface area (Å²) in [6.07, 6.45) is 3.20. The summed E-state index contributed by atoms with van der Waals surface area (Å²) in [6.45, 7) is 3.94. The van der Waals surface area contributed by atoms with Gasteiger partial charge in [0, 0.05) is 6.04 Å². The molecule has 0 aromatic rings. The molecule has 1 rings (SSSR count). The van der Waals surface area contributed by atoms with Crippen LogP contribution in [0.4, 0.5) is 0 Å². The summed E-state index contributed by atoms with van der Waals surface area (Å²) in [5.74, 6) is -0.168. The second-order valence-electron chi connectivity index (χ2n) is 4.80. The average molecular weight is 215 g/mol. The standard InChI is InChI=1S/C11H21NO3/c1-8-3-5-11(6-4-8,10(14)15)12-9(2)7-13/h8-9,12-13H,3-7H2,1-2H3,(H,14,15). The first-order chi connectivity index (χ1) is 7.00. The van der Waals surface area contributed by atoms with Crippen molar-refractivity contribution >= 4 is 5.97 Å². The number of hydrogen-bond donors (Lipinski definition) is 3. The van der Waals surface area contributed by atoms with Crippen molar-refractivity contribution in [1.29, 1.82) is 0 Å². The molecule has 1 fully saturated rings. The summed E-state index contributed by atoms with van der Waals surface area (Å²) in [6, 6.07) is -0.158. The van der Waals surface area contributed by atoms with Gasteiger partial charge in [0.15, 0.2) is 0 Å². The highest BCUT2D eigenvalue weighted by atomic mass is 16.4. The Morgan fingerprint density at radius 2 is 2.07 bits per heavy atom. The molecular weight excluding hydrogens is 194 g/mol. The van der Waals surface area contributed by atoms with Gasteiger partial charge in [-0.25, -0.2) is 0 Å². The van der Waals surface area contributed by atoms with Crippen molar-refractivity contribution in [3.05, 3.63) is 0 Å². The van der Waals surface area contributed by atoms with E-state index in [2.05, 4.69) is 12.2 Å². The van der Waals surface area contributed by atoms with Crippen molar-refractivity contribution in [2.75, 3.05) is 6.61 Å². The predicted molar refractivity (Wildman–Crippen MR) is 57.7 cm³/mol. The van der Waals surface area contributed by atoms with Crippen LogP contribution in [0.5, 0.6) is 0 Å². The fraction of sp³-hybridized carbons (Fsp3) is 0.909. The van der Waals surface area contributed by atoms with Crippen LogP contribution in [-0.4, -0.2) is 34.4 Å². The summed E-state index contributed by atoms with van der Waals surface area (Å²) in [5, 5.41) is 21.3. The molecule has 0 amide bonds. The minimum atomic E-state index is -0.811. The van der Waals surface area contributed by atoms with E-state index in [9.17, 15) is 9.90 Å². The zero-order chi connectivity index (χ0) is 11.5. The summed E-state index contributed by atoms with van der Waals surface area (Å²) in [7, 11) is 0. The first-order valence-electron chi connectivity index (χ1n) is 5.62. The van der Waals surface area contributed by atoms with Gasteiger partial charge in [0.05, 0.1) is 6.61 Å². The molecule has 0 aromatic heterocycles. The van der Waals surface area contributed by atoms with Gasteiger partial charge in [0.2, 0.25) is 0 Å². The Bertz CT molecular complexity index is 222. The van der Waals surface area contributed by atoms with Gasteiger partial charge in [0.25, 0.3) is 0 Å². The second kappa shape index (κ2) is 4.94. The number of aliphatic carboxylic acids is 1. The van der Waals surface area contributed by atoms with Crippen molar-refractivity contribution in [3.8, 4) is 0 Å². The van der Waals surface area contributed by atoms with E-state index in [0.29, 0.717) is 18.8 Å². The number of aliphatic hydroxyl groups is 1. The van der Waals surface area contributed by atoms with Crippen LogP contribution in [-0.2, 0) is 4.79 Å². The van der Waals surface area contributed by atoms with Crippen molar-refractivity contribution in [1.82, 2.24) is 5.32 Å². The third-order valence-corrected chi connectivity index (χ3v) is 3.33. The van der Waals surface area contributed by atoms with Gasteiger partial charge >= 0.3 is 5.97 Å². The quantitative estimate of drug-likeness (QED) is 0.654. The van der Waals surface area contributed by atoms with Gasteiger partial charge in [-0.15, -0.1) is 0 Å². The predicted octanol–water partition coefficient (Wildman–Crippen LogP) is 0.990. The maximum atomic E-state index is 11.3. The molecule has 1 aliphatic carbocycles. The van der Waals surface area contributed by atoms with Crippen molar-refractivity contribution in [2.45, 2.75) is 51.1 Å². The van der Waals surface area contributed by atoms with Crippen LogP contribution in [0.25, 0.3) is 0 Å². The lowest BCUT2D eigenvalue weighted by atomic mass is 9.77. The number of hydrogen-bond acceptors (Lipinski definition) is 3. The highest BCUT2D eigenvalue weighted by Gasteiger charge is 2.41. The van der Waals surface area contributed by atoms with Crippen LogP contribution in [0.2, 0.25) is 0 Å². The molecule has 0 radical (unpaired) electrons. The topological polar surface area (TPSA) is 69.6 Å². The molecule has 1 atom stereocenters. The van der Waals surface area contributed by atoms with E-state index in [-0.39, 0.29) is 12.6 Å². The average Bonchev–Trinajstić information content (AvgIpc) is 2.21. The summed E-state index contributed by atoms with van der Waals surface area (Å²) in [4.78, 5) is 11.3. The highest BCUT2D eigenvalue weighted by Crippen LogP contribution is 2.32. The van der Waals surface area contributed by atoms with E-state index in [0.717, 1.165) is 12.8 Å². The lowest BCUT2D eigenvalue weighted by molar-refractivity contribution is -0.147. The number of carboxylic acids is 1. The van der Waals surface area contributed by atoms with Crippen molar-refractivity contribution in [2.24, 2.45) is 5.92 Å². The first kappa shape index (κ1) is 12.5. The largest absolute Gasteiger partial charge is 0.480 e. The van der Waals surface area contributed by atoms with E-state index in [1.54, 1.807) is 0 Å². The molecule has 0 heterocycles. The van der Waals surface area contributed by atoms with E-state index in [4.69, 9.17) is 5.11 Å². The monoisotopic (exact) mass is 215 g/mol. The van der Waals surface area contributed by atoms with Crippen LogP contribution in [0, 0.1) is 5.92 Å². The molecule has 4 nitrogen and oxygen atoms in total. The molecule has 1 saturated carbocycles. The Morgan fingerprint density at radius 1 is 1.53 bits per heavy atom. The first-order valence-corrected chi connectivity index (χ1v) is 5.62. The molecule has 0 saturated heterocycles. The fourth-order valence-corrected chi connectivity index (χ4v) is 2.19. The minimum Gasteiger partial charge on any atom is -0.480 e. The zero-order valence-electron chi connectivity index (χ0n) is 9.49. The number of aliphatic hydroxyl groups excluding tert-OH is 1. The lowest BCUT2D eigenvalue weighted by Gasteiger charge is -2.38. The molecule has 4 heteroatoms. The molecule has 0 aliphatic heterocycles. The molecule has 0 spiro atoms. The Hall–Kier alpha value is -0.610. The van der Waals surface area contributed by atoms with E-state index < -0.39 is 11.5 Å². The van der Waals surface area contributed by atoms with E-state index in [1.165, 1.54) is 0 Å². The van der Waals surface area contributed by atoms with Crippen LogP contribution >= 0.6 is 0 Å². The molecule has 3 N–H and O–H groups in total. The summed E-state index contributed by atoms with van der Waals surface area (Å²) >= 11 is 0. The van der Waals surface area contributed by atoms with Crippen LogP contribution in [0.15, 0.2) is 0 Å². The van der Waals surface area contributed by atoms with Crippen molar-refractivity contribution in [3.63, 3.8) is 0 Å². The second-order valence-corrected chi connectivity index (χ2v) is 4.80.